The number of hydrogen-bond acceptors (Lipinski definition) is 6. The molecule has 2 aromatic carbocycles. The molecule has 8 rings (SSSR count). The highest BCUT2D eigenvalue weighted by Gasteiger charge is 2.42. The Labute approximate surface area is 342 Å². The molecule has 2 heterocycles. The van der Waals surface area contributed by atoms with Gasteiger partial charge in [0, 0.05) is 90.0 Å². The molecule has 0 unspecified atom stereocenters. The van der Waals surface area contributed by atoms with Crippen molar-refractivity contribution in [3.63, 3.8) is 0 Å². The van der Waals surface area contributed by atoms with Crippen LogP contribution < -0.4 is 9.80 Å². The molecule has 6 nitrogen and oxygen atoms in total. The molecule has 6 heteroatoms. The van der Waals surface area contributed by atoms with Crippen molar-refractivity contribution in [3.8, 4) is 0 Å². The van der Waals surface area contributed by atoms with Crippen LogP contribution >= 0.6 is 0 Å². The SMILES string of the molecule is CC1(C)CC(c2ccccc2N2CCN(C[C@@H]3C[C@@H]3CO)CC2)CC(C)(C)C1.CC1(C)CC(c2ccccc2N2CCN(C[C@@H]3C[C@H]3CO)CC2)CC(C)(C)C1. The van der Waals surface area contributed by atoms with Crippen LogP contribution in [0.25, 0.3) is 0 Å². The van der Waals surface area contributed by atoms with E-state index in [4.69, 9.17) is 0 Å². The van der Waals surface area contributed by atoms with E-state index >= 15 is 0 Å². The zero-order chi connectivity index (χ0) is 39.9. The first kappa shape index (κ1) is 42.0. The summed E-state index contributed by atoms with van der Waals surface area (Å²) in [6.45, 7) is 32.0. The Morgan fingerprint density at radius 3 is 1.09 bits per heavy atom. The summed E-state index contributed by atoms with van der Waals surface area (Å²) in [6, 6.07) is 18.5. The van der Waals surface area contributed by atoms with Crippen LogP contribution in [0.3, 0.4) is 0 Å². The molecular formula is C50H80N4O2. The van der Waals surface area contributed by atoms with Crippen molar-refractivity contribution >= 4 is 11.4 Å². The lowest BCUT2D eigenvalue weighted by Gasteiger charge is -2.46. The van der Waals surface area contributed by atoms with Gasteiger partial charge < -0.3 is 20.0 Å². The highest BCUT2D eigenvalue weighted by Crippen LogP contribution is 2.54. The van der Waals surface area contributed by atoms with Crippen LogP contribution in [0.15, 0.2) is 48.5 Å². The number of nitrogens with zero attached hydrogens (tertiary/aromatic N) is 4. The third kappa shape index (κ3) is 10.7. The van der Waals surface area contributed by atoms with Crippen LogP contribution in [-0.4, -0.2) is 98.7 Å². The molecule has 4 atom stereocenters. The van der Waals surface area contributed by atoms with E-state index in [9.17, 15) is 10.2 Å². The molecule has 2 aliphatic heterocycles. The Balaban J connectivity index is 0.000000172. The van der Waals surface area contributed by atoms with Crippen molar-refractivity contribution in [2.75, 3.05) is 88.5 Å². The van der Waals surface area contributed by atoms with Crippen molar-refractivity contribution in [1.82, 2.24) is 9.80 Å². The molecular weight excluding hydrogens is 689 g/mol. The lowest BCUT2D eigenvalue weighted by molar-refractivity contribution is 0.0966. The summed E-state index contributed by atoms with van der Waals surface area (Å²) in [7, 11) is 0. The Morgan fingerprint density at radius 1 is 0.464 bits per heavy atom. The fourth-order valence-corrected chi connectivity index (χ4v) is 12.9. The van der Waals surface area contributed by atoms with Crippen LogP contribution in [0.4, 0.5) is 11.4 Å². The van der Waals surface area contributed by atoms with E-state index in [1.807, 2.05) is 0 Å². The lowest BCUT2D eigenvalue weighted by Crippen LogP contribution is -2.47. The quantitative estimate of drug-likeness (QED) is 0.251. The minimum atomic E-state index is 0.381. The molecule has 2 aromatic rings. The van der Waals surface area contributed by atoms with Crippen molar-refractivity contribution in [2.45, 2.75) is 119 Å². The molecule has 6 fully saturated rings. The van der Waals surface area contributed by atoms with Crippen LogP contribution in [0.2, 0.25) is 0 Å². The van der Waals surface area contributed by atoms with Crippen molar-refractivity contribution in [1.29, 1.82) is 0 Å². The van der Waals surface area contributed by atoms with Gasteiger partial charge in [0.2, 0.25) is 0 Å². The fraction of sp³-hybridized carbons (Fsp3) is 0.760. The van der Waals surface area contributed by atoms with E-state index < -0.39 is 0 Å². The summed E-state index contributed by atoms with van der Waals surface area (Å²) in [6.07, 6.45) is 10.3. The van der Waals surface area contributed by atoms with Crippen LogP contribution in [0.5, 0.6) is 0 Å². The Bertz CT molecular complexity index is 1440. The predicted octanol–water partition coefficient (Wildman–Crippen LogP) is 9.51. The summed E-state index contributed by atoms with van der Waals surface area (Å²) < 4.78 is 0. The average molecular weight is 769 g/mol. The number of piperazine rings is 2. The standard InChI is InChI=1S/2C25H40N2O/c2*1-24(2)14-21(15-25(3,4)18-24)22-7-5-6-8-23(22)27-11-9-26(10-12-27)16-19-13-20(19)17-28/h2*5-8,19-21,28H,9-18H2,1-4H3/t19-,20+;19-,20-/m00/s1. The molecule has 0 amide bonds. The van der Waals surface area contributed by atoms with Crippen molar-refractivity contribution in [2.24, 2.45) is 45.3 Å². The summed E-state index contributed by atoms with van der Waals surface area (Å²) >= 11 is 0. The monoisotopic (exact) mass is 769 g/mol. The van der Waals surface area contributed by atoms with Gasteiger partial charge in [0.05, 0.1) is 0 Å². The predicted molar refractivity (Wildman–Crippen MR) is 236 cm³/mol. The first-order valence-electron chi connectivity index (χ1n) is 22.9. The summed E-state index contributed by atoms with van der Waals surface area (Å²) in [4.78, 5) is 10.5. The van der Waals surface area contributed by atoms with E-state index in [0.29, 0.717) is 58.5 Å². The third-order valence-electron chi connectivity index (χ3n) is 14.9. The number of aliphatic hydroxyl groups excluding tert-OH is 2. The number of anilines is 2. The largest absolute Gasteiger partial charge is 0.396 e. The molecule has 312 valence electrons. The average Bonchev–Trinajstić information content (AvgIpc) is 4.07. The lowest BCUT2D eigenvalue weighted by atomic mass is 9.60. The smallest absolute Gasteiger partial charge is 0.0462 e. The summed E-state index contributed by atoms with van der Waals surface area (Å²) in [5, 5.41) is 18.6. The minimum Gasteiger partial charge on any atom is -0.396 e. The molecule has 4 aliphatic carbocycles. The van der Waals surface area contributed by atoms with Crippen LogP contribution in [0.1, 0.15) is 130 Å². The zero-order valence-corrected chi connectivity index (χ0v) is 36.9. The van der Waals surface area contributed by atoms with E-state index in [1.54, 1.807) is 11.1 Å². The van der Waals surface area contributed by atoms with E-state index in [0.717, 1.165) is 64.2 Å². The summed E-state index contributed by atoms with van der Waals surface area (Å²) in [5.74, 6) is 3.99. The van der Waals surface area contributed by atoms with Crippen LogP contribution in [0, 0.1) is 45.3 Å². The second-order valence-electron chi connectivity index (χ2n) is 22.8. The van der Waals surface area contributed by atoms with E-state index in [2.05, 4.69) is 124 Å². The van der Waals surface area contributed by atoms with Gasteiger partial charge in [-0.05, 0) is 132 Å². The molecule has 0 bridgehead atoms. The van der Waals surface area contributed by atoms with Gasteiger partial charge in [0.25, 0.3) is 0 Å². The van der Waals surface area contributed by atoms with Gasteiger partial charge in [-0.25, -0.2) is 0 Å². The van der Waals surface area contributed by atoms with Gasteiger partial charge in [0.1, 0.15) is 0 Å². The Hall–Kier alpha value is -2.12. The maximum absolute atomic E-state index is 9.30. The van der Waals surface area contributed by atoms with Crippen molar-refractivity contribution in [3.05, 3.63) is 59.7 Å². The first-order chi connectivity index (χ1) is 26.5. The number of para-hydroxylation sites is 2. The molecule has 0 aromatic heterocycles. The minimum absolute atomic E-state index is 0.381. The number of hydrogen-bond donors (Lipinski definition) is 2. The van der Waals surface area contributed by atoms with Gasteiger partial charge in [-0.1, -0.05) is 91.8 Å². The second-order valence-corrected chi connectivity index (χ2v) is 22.8. The van der Waals surface area contributed by atoms with Crippen molar-refractivity contribution < 1.29 is 10.2 Å². The zero-order valence-electron chi connectivity index (χ0n) is 36.9. The highest BCUT2D eigenvalue weighted by atomic mass is 16.3. The van der Waals surface area contributed by atoms with Gasteiger partial charge in [-0.15, -0.1) is 0 Å². The topological polar surface area (TPSA) is 53.4 Å². The van der Waals surface area contributed by atoms with Gasteiger partial charge in [0.15, 0.2) is 0 Å². The maximum atomic E-state index is 9.30. The first-order valence-corrected chi connectivity index (χ1v) is 22.9. The summed E-state index contributed by atoms with van der Waals surface area (Å²) in [5.41, 5.74) is 7.83. The number of rotatable bonds is 10. The van der Waals surface area contributed by atoms with Crippen LogP contribution in [-0.2, 0) is 0 Å². The fourth-order valence-electron chi connectivity index (χ4n) is 12.9. The molecule has 2 N–H and O–H groups in total. The molecule has 6 aliphatic rings. The molecule has 0 spiro atoms. The molecule has 56 heavy (non-hydrogen) atoms. The maximum Gasteiger partial charge on any atom is 0.0462 e. The molecule has 4 saturated carbocycles. The number of aliphatic hydroxyl groups is 2. The van der Waals surface area contributed by atoms with E-state index in [1.165, 1.54) is 75.8 Å². The molecule has 0 radical (unpaired) electrons. The Kier molecular flexibility index (Phi) is 12.7. The Morgan fingerprint density at radius 2 is 0.786 bits per heavy atom. The van der Waals surface area contributed by atoms with Gasteiger partial charge in [-0.2, -0.15) is 0 Å². The number of benzene rings is 2. The normalized spacial score (nSPS) is 30.4. The van der Waals surface area contributed by atoms with Gasteiger partial charge in [-0.3, -0.25) is 9.80 Å². The van der Waals surface area contributed by atoms with E-state index in [-0.39, 0.29) is 0 Å². The second kappa shape index (κ2) is 16.9. The van der Waals surface area contributed by atoms with Gasteiger partial charge >= 0.3 is 0 Å². The third-order valence-corrected chi connectivity index (χ3v) is 14.9. The highest BCUT2D eigenvalue weighted by molar-refractivity contribution is 5.57. The molecule has 2 saturated heterocycles.